The van der Waals surface area contributed by atoms with E-state index in [4.69, 9.17) is 4.74 Å². The highest BCUT2D eigenvalue weighted by Gasteiger charge is 2.37. The molecule has 0 aromatic carbocycles. The van der Waals surface area contributed by atoms with Gasteiger partial charge in [-0.15, -0.1) is 0 Å². The third kappa shape index (κ3) is 3.75. The molecule has 1 aromatic rings. The molecule has 0 bridgehead atoms. The maximum absolute atomic E-state index is 12.2. The molecule has 118 valence electrons. The van der Waals surface area contributed by atoms with Crippen LogP contribution in [0.2, 0.25) is 0 Å². The molecule has 1 amide bonds. The van der Waals surface area contributed by atoms with Crippen LogP contribution in [0.5, 0.6) is 0 Å². The molecule has 7 nitrogen and oxygen atoms in total. The van der Waals surface area contributed by atoms with Crippen molar-refractivity contribution in [3.8, 4) is 0 Å². The standard InChI is InChI=1S/C13H21N3O4S/c1-13(2,3)20-12(17)16-7-10(8-16)9-21(18,19)11-14-5-6-15(11)4/h5-6,10H,7-9H2,1-4H3. The Kier molecular flexibility index (Phi) is 4.01. The number of aryl methyl sites for hydroxylation is 1. The highest BCUT2D eigenvalue weighted by atomic mass is 32.2. The second kappa shape index (κ2) is 5.32. The van der Waals surface area contributed by atoms with Gasteiger partial charge in [0.15, 0.2) is 0 Å². The van der Waals surface area contributed by atoms with E-state index in [0.717, 1.165) is 0 Å². The lowest BCUT2D eigenvalue weighted by molar-refractivity contribution is 0.00190. The molecule has 0 N–H and O–H groups in total. The lowest BCUT2D eigenvalue weighted by atomic mass is 10.0. The predicted octanol–water partition coefficient (Wildman–Crippen LogP) is 1.06. The van der Waals surface area contributed by atoms with Crippen molar-refractivity contribution < 1.29 is 17.9 Å². The second-order valence-corrected chi connectivity index (χ2v) is 8.28. The van der Waals surface area contributed by atoms with Crippen LogP contribution in [-0.4, -0.2) is 53.4 Å². The van der Waals surface area contributed by atoms with Gasteiger partial charge >= 0.3 is 6.09 Å². The van der Waals surface area contributed by atoms with Gasteiger partial charge in [-0.25, -0.2) is 18.2 Å². The van der Waals surface area contributed by atoms with E-state index in [1.54, 1.807) is 34.0 Å². The molecule has 0 spiro atoms. The van der Waals surface area contributed by atoms with Crippen LogP contribution in [0.25, 0.3) is 0 Å². The molecule has 2 heterocycles. The molecule has 8 heteroatoms. The molecule has 0 unspecified atom stereocenters. The zero-order chi connectivity index (χ0) is 15.8. The van der Waals surface area contributed by atoms with E-state index in [0.29, 0.717) is 13.1 Å². The molecule has 2 rings (SSSR count). The van der Waals surface area contributed by atoms with Gasteiger partial charge in [-0.05, 0) is 20.8 Å². The van der Waals surface area contributed by atoms with Crippen LogP contribution in [0.15, 0.2) is 17.6 Å². The van der Waals surface area contributed by atoms with E-state index in [-0.39, 0.29) is 16.8 Å². The van der Waals surface area contributed by atoms with Crippen LogP contribution in [0.3, 0.4) is 0 Å². The van der Waals surface area contributed by atoms with Gasteiger partial charge in [0, 0.05) is 38.4 Å². The van der Waals surface area contributed by atoms with E-state index in [2.05, 4.69) is 4.98 Å². The number of hydrogen-bond acceptors (Lipinski definition) is 5. The molecule has 1 aliphatic heterocycles. The van der Waals surface area contributed by atoms with Crippen LogP contribution in [0.1, 0.15) is 20.8 Å². The summed E-state index contributed by atoms with van der Waals surface area (Å²) in [5, 5.41) is 0.0678. The Bertz CT molecular complexity index is 624. The van der Waals surface area contributed by atoms with Gasteiger partial charge in [-0.2, -0.15) is 0 Å². The quantitative estimate of drug-likeness (QED) is 0.833. The lowest BCUT2D eigenvalue weighted by Crippen LogP contribution is -2.53. The summed E-state index contributed by atoms with van der Waals surface area (Å²) >= 11 is 0. The average Bonchev–Trinajstić information content (AvgIpc) is 2.67. The first-order valence-electron chi connectivity index (χ1n) is 6.76. The van der Waals surface area contributed by atoms with Crippen LogP contribution < -0.4 is 0 Å². The predicted molar refractivity (Wildman–Crippen MR) is 76.6 cm³/mol. The molecular formula is C13H21N3O4S. The summed E-state index contributed by atoms with van der Waals surface area (Å²) in [6, 6.07) is 0. The van der Waals surface area contributed by atoms with Crippen LogP contribution >= 0.6 is 0 Å². The minimum atomic E-state index is -3.42. The minimum absolute atomic E-state index is 0.00283. The fourth-order valence-electron chi connectivity index (χ4n) is 2.19. The molecular weight excluding hydrogens is 294 g/mol. The Labute approximate surface area is 124 Å². The van der Waals surface area contributed by atoms with Crippen molar-refractivity contribution in [2.75, 3.05) is 18.8 Å². The van der Waals surface area contributed by atoms with Crippen molar-refractivity contribution in [1.29, 1.82) is 0 Å². The summed E-state index contributed by atoms with van der Waals surface area (Å²) in [6.07, 6.45) is 2.66. The van der Waals surface area contributed by atoms with Crippen molar-refractivity contribution in [3.63, 3.8) is 0 Å². The maximum atomic E-state index is 12.2. The molecule has 0 radical (unpaired) electrons. The van der Waals surface area contributed by atoms with Gasteiger partial charge in [0.1, 0.15) is 5.60 Å². The van der Waals surface area contributed by atoms with E-state index >= 15 is 0 Å². The molecule has 0 saturated carbocycles. The number of amides is 1. The summed E-state index contributed by atoms with van der Waals surface area (Å²) in [5.41, 5.74) is -0.540. The average molecular weight is 315 g/mol. The lowest BCUT2D eigenvalue weighted by Gasteiger charge is -2.39. The number of carbonyl (C=O) groups excluding carboxylic acids is 1. The van der Waals surface area contributed by atoms with Crippen molar-refractivity contribution >= 4 is 15.9 Å². The number of sulfone groups is 1. The number of imidazole rings is 1. The van der Waals surface area contributed by atoms with E-state index < -0.39 is 21.5 Å². The van der Waals surface area contributed by atoms with Crippen LogP contribution in [-0.2, 0) is 21.6 Å². The first-order valence-corrected chi connectivity index (χ1v) is 8.42. The monoisotopic (exact) mass is 315 g/mol. The number of hydrogen-bond donors (Lipinski definition) is 0. The van der Waals surface area contributed by atoms with Gasteiger partial charge in [0.2, 0.25) is 15.0 Å². The second-order valence-electron chi connectivity index (χ2n) is 6.35. The Morgan fingerprint density at radius 1 is 1.43 bits per heavy atom. The first-order chi connectivity index (χ1) is 9.58. The Morgan fingerprint density at radius 3 is 2.52 bits per heavy atom. The van der Waals surface area contributed by atoms with Crippen molar-refractivity contribution in [1.82, 2.24) is 14.5 Å². The third-order valence-corrected chi connectivity index (χ3v) is 4.98. The zero-order valence-electron chi connectivity index (χ0n) is 12.7. The number of carbonyl (C=O) groups is 1. The summed E-state index contributed by atoms with van der Waals surface area (Å²) in [5.74, 6) is -0.0730. The third-order valence-electron chi connectivity index (χ3n) is 3.12. The SMILES string of the molecule is Cn1ccnc1S(=O)(=O)CC1CN(C(=O)OC(C)(C)C)C1. The topological polar surface area (TPSA) is 81.5 Å². The van der Waals surface area contributed by atoms with Crippen molar-refractivity contribution in [2.45, 2.75) is 31.5 Å². The van der Waals surface area contributed by atoms with E-state index in [1.165, 1.54) is 15.7 Å². The summed E-state index contributed by atoms with van der Waals surface area (Å²) in [6.45, 7) is 6.20. The molecule has 1 fully saturated rings. The molecule has 1 aliphatic rings. The van der Waals surface area contributed by atoms with Gasteiger partial charge < -0.3 is 14.2 Å². The van der Waals surface area contributed by atoms with Crippen LogP contribution in [0.4, 0.5) is 4.79 Å². The Hall–Kier alpha value is -1.57. The number of likely N-dealkylation sites (tertiary alicyclic amines) is 1. The molecule has 0 aliphatic carbocycles. The molecule has 21 heavy (non-hydrogen) atoms. The fourth-order valence-corrected chi connectivity index (χ4v) is 3.89. The maximum Gasteiger partial charge on any atom is 0.410 e. The number of ether oxygens (including phenoxy) is 1. The summed E-state index contributed by atoms with van der Waals surface area (Å²) in [7, 11) is -1.77. The highest BCUT2D eigenvalue weighted by molar-refractivity contribution is 7.91. The minimum Gasteiger partial charge on any atom is -0.444 e. The van der Waals surface area contributed by atoms with E-state index in [1.807, 2.05) is 0 Å². The smallest absolute Gasteiger partial charge is 0.410 e. The number of rotatable bonds is 3. The van der Waals surface area contributed by atoms with Gasteiger partial charge in [0.05, 0.1) is 5.75 Å². The zero-order valence-corrected chi connectivity index (χ0v) is 13.6. The van der Waals surface area contributed by atoms with E-state index in [9.17, 15) is 13.2 Å². The number of nitrogens with zero attached hydrogens (tertiary/aromatic N) is 3. The van der Waals surface area contributed by atoms with Gasteiger partial charge in [-0.1, -0.05) is 0 Å². The largest absolute Gasteiger partial charge is 0.444 e. The first kappa shape index (κ1) is 15.8. The van der Waals surface area contributed by atoms with Crippen LogP contribution in [0, 0.1) is 5.92 Å². The fraction of sp³-hybridized carbons (Fsp3) is 0.692. The van der Waals surface area contributed by atoms with Gasteiger partial charge in [-0.3, -0.25) is 0 Å². The van der Waals surface area contributed by atoms with Crippen molar-refractivity contribution in [3.05, 3.63) is 12.4 Å². The number of aromatic nitrogens is 2. The molecule has 1 aromatic heterocycles. The summed E-state index contributed by atoms with van der Waals surface area (Å²) in [4.78, 5) is 17.2. The molecule has 1 saturated heterocycles. The Morgan fingerprint density at radius 2 is 2.05 bits per heavy atom. The highest BCUT2D eigenvalue weighted by Crippen LogP contribution is 2.22. The van der Waals surface area contributed by atoms with Crippen molar-refractivity contribution in [2.24, 2.45) is 13.0 Å². The molecule has 0 atom stereocenters. The normalized spacial score (nSPS) is 16.7. The Balaban J connectivity index is 1.89. The van der Waals surface area contributed by atoms with Gasteiger partial charge in [0.25, 0.3) is 0 Å². The summed E-state index contributed by atoms with van der Waals surface area (Å²) < 4.78 is 31.1.